The maximum absolute atomic E-state index is 14.6. The summed E-state index contributed by atoms with van der Waals surface area (Å²) < 4.78 is 64.2. The van der Waals surface area contributed by atoms with Gasteiger partial charge in [0.15, 0.2) is 11.6 Å². The molecule has 6 atom stereocenters. The maximum Gasteiger partial charge on any atom is 0.248 e. The molecule has 1 aliphatic heterocycles. The molecule has 1 aliphatic carbocycles. The highest BCUT2D eigenvalue weighted by Gasteiger charge is 2.54. The lowest BCUT2D eigenvalue weighted by atomic mass is 9.79. The Morgan fingerprint density at radius 3 is 2.52 bits per heavy atom. The van der Waals surface area contributed by atoms with Gasteiger partial charge in [0.05, 0.1) is 46.6 Å². The highest BCUT2D eigenvalue weighted by atomic mass is 35.5. The molecule has 2 fully saturated rings. The van der Waals surface area contributed by atoms with E-state index in [1.54, 1.807) is 12.3 Å². The van der Waals surface area contributed by atoms with Crippen LogP contribution in [0.15, 0.2) is 36.7 Å². The molecule has 0 amide bonds. The van der Waals surface area contributed by atoms with Crippen molar-refractivity contribution in [1.82, 2.24) is 20.0 Å². The van der Waals surface area contributed by atoms with E-state index in [0.717, 1.165) is 5.56 Å². The lowest BCUT2D eigenvalue weighted by Crippen LogP contribution is -2.54. The van der Waals surface area contributed by atoms with Crippen LogP contribution in [0.4, 0.5) is 17.6 Å². The van der Waals surface area contributed by atoms with E-state index < -0.39 is 82.3 Å². The number of hydrogen-bond donors (Lipinski definition) is 4. The molecule has 3 N–H and O–H groups in total. The number of halogens is 5. The van der Waals surface area contributed by atoms with Crippen LogP contribution >= 0.6 is 22.5 Å². The number of hydrogen-bond acceptors (Lipinski definition) is 7. The van der Waals surface area contributed by atoms with Crippen LogP contribution in [-0.2, 0) is 4.74 Å². The van der Waals surface area contributed by atoms with Gasteiger partial charge in [0.2, 0.25) is 5.92 Å². The summed E-state index contributed by atoms with van der Waals surface area (Å²) in [6.45, 7) is 1.36. The number of alkyl halides is 2. The first-order valence-corrected chi connectivity index (χ1v) is 15.6. The molecule has 3 aromatic rings. The first-order valence-electron chi connectivity index (χ1n) is 13.6. The number of aliphatic hydroxyl groups excluding tert-OH is 2. The second-order valence-electron chi connectivity index (χ2n) is 11.1. The van der Waals surface area contributed by atoms with Gasteiger partial charge in [-0.25, -0.2) is 33.1 Å². The average molecular weight is 633 g/mol. The number of pyridine rings is 1. The van der Waals surface area contributed by atoms with Crippen molar-refractivity contribution >= 4 is 22.5 Å². The van der Waals surface area contributed by atoms with Gasteiger partial charge in [0.25, 0.3) is 0 Å². The Morgan fingerprint density at radius 1 is 1.17 bits per heavy atom. The SMILES string of the molecule is CO[C@H]1C[SH]([C@H](c2ncccc2C)C2(O)CCC(F)(F)CC2)[C@H](CO)[C@H](O)[C@@H]1n1cc(-c2ccc(Cl)c(F)c2F)nn1. The van der Waals surface area contributed by atoms with Gasteiger partial charge in [-0.1, -0.05) is 22.9 Å². The topological polar surface area (TPSA) is 114 Å². The van der Waals surface area contributed by atoms with E-state index in [0.29, 0.717) is 5.69 Å². The van der Waals surface area contributed by atoms with Gasteiger partial charge in [0, 0.05) is 42.7 Å². The summed E-state index contributed by atoms with van der Waals surface area (Å²) >= 11 is 5.68. The van der Waals surface area contributed by atoms with Gasteiger partial charge in [0.1, 0.15) is 11.7 Å². The minimum atomic E-state index is -2.89. The van der Waals surface area contributed by atoms with Crippen molar-refractivity contribution in [2.75, 3.05) is 19.5 Å². The van der Waals surface area contributed by atoms with E-state index in [9.17, 15) is 32.9 Å². The summed E-state index contributed by atoms with van der Waals surface area (Å²) in [6, 6.07) is 5.15. The van der Waals surface area contributed by atoms with Crippen molar-refractivity contribution in [2.24, 2.45) is 0 Å². The second kappa shape index (κ2) is 12.0. The summed E-state index contributed by atoms with van der Waals surface area (Å²) in [4.78, 5) is 4.55. The van der Waals surface area contributed by atoms with E-state index >= 15 is 0 Å². The molecule has 14 heteroatoms. The second-order valence-corrected chi connectivity index (χ2v) is 14.1. The zero-order chi connectivity index (χ0) is 30.4. The molecule has 1 unspecified atom stereocenters. The van der Waals surface area contributed by atoms with Crippen molar-refractivity contribution in [3.05, 3.63) is 64.6 Å². The van der Waals surface area contributed by atoms with Gasteiger partial charge in [-0.15, -0.1) is 5.10 Å². The van der Waals surface area contributed by atoms with Gasteiger partial charge >= 0.3 is 0 Å². The number of aryl methyl sites for hydroxylation is 1. The largest absolute Gasteiger partial charge is 0.395 e. The molecule has 1 saturated carbocycles. The van der Waals surface area contributed by atoms with E-state index in [-0.39, 0.29) is 34.9 Å². The molecular formula is C28H33ClF4N4O4S. The van der Waals surface area contributed by atoms with Crippen LogP contribution in [0.1, 0.15) is 48.2 Å². The molecule has 2 aromatic heterocycles. The maximum atomic E-state index is 14.6. The Labute approximate surface area is 248 Å². The van der Waals surface area contributed by atoms with Crippen LogP contribution < -0.4 is 0 Å². The number of benzene rings is 1. The zero-order valence-electron chi connectivity index (χ0n) is 23.0. The van der Waals surface area contributed by atoms with E-state index in [1.807, 2.05) is 13.0 Å². The highest BCUT2D eigenvalue weighted by molar-refractivity contribution is 8.18. The lowest BCUT2D eigenvalue weighted by Gasteiger charge is -2.53. The lowest BCUT2D eigenvalue weighted by molar-refractivity contribution is -0.105. The van der Waals surface area contributed by atoms with Gasteiger partial charge < -0.3 is 20.1 Å². The van der Waals surface area contributed by atoms with E-state index in [2.05, 4.69) is 15.3 Å². The predicted molar refractivity (Wildman–Crippen MR) is 151 cm³/mol. The molecule has 2 aliphatic rings. The quantitative estimate of drug-likeness (QED) is 0.172. The molecule has 5 rings (SSSR count). The van der Waals surface area contributed by atoms with Gasteiger partial charge in [-0.05, 0) is 43.5 Å². The Bertz CT molecular complexity index is 1420. The normalized spacial score (nSPS) is 28.9. The summed E-state index contributed by atoms with van der Waals surface area (Å²) in [5.41, 5.74) is -0.417. The molecule has 0 radical (unpaired) electrons. The average Bonchev–Trinajstić information content (AvgIpc) is 3.44. The summed E-state index contributed by atoms with van der Waals surface area (Å²) in [7, 11) is -0.0687. The first-order chi connectivity index (χ1) is 19.9. The number of thiol groups is 1. The van der Waals surface area contributed by atoms with Crippen LogP contribution in [0.5, 0.6) is 0 Å². The number of nitrogens with zero attached hydrogens (tertiary/aromatic N) is 4. The van der Waals surface area contributed by atoms with Crippen LogP contribution in [0.2, 0.25) is 5.02 Å². The molecule has 42 heavy (non-hydrogen) atoms. The third-order valence-corrected chi connectivity index (χ3v) is 12.3. The molecule has 0 bridgehead atoms. The van der Waals surface area contributed by atoms with Crippen molar-refractivity contribution < 1.29 is 37.6 Å². The summed E-state index contributed by atoms with van der Waals surface area (Å²) in [5.74, 6) is -5.05. The number of methoxy groups -OCH3 is 1. The molecule has 3 heterocycles. The van der Waals surface area contributed by atoms with Crippen LogP contribution in [0, 0.1) is 18.6 Å². The first kappa shape index (κ1) is 31.1. The Balaban J connectivity index is 1.52. The van der Waals surface area contributed by atoms with Crippen molar-refractivity contribution in [1.29, 1.82) is 0 Å². The Hall–Kier alpha value is -2.29. The van der Waals surface area contributed by atoms with E-state index in [1.165, 1.54) is 30.1 Å². The van der Waals surface area contributed by atoms with Crippen LogP contribution in [0.3, 0.4) is 0 Å². The number of ether oxygens (including phenoxy) is 1. The molecule has 0 spiro atoms. The third kappa shape index (κ3) is 5.67. The zero-order valence-corrected chi connectivity index (χ0v) is 24.6. The fraction of sp³-hybridized carbons (Fsp3) is 0.536. The van der Waals surface area contributed by atoms with E-state index in [4.69, 9.17) is 16.3 Å². The minimum Gasteiger partial charge on any atom is -0.395 e. The molecular weight excluding hydrogens is 600 g/mol. The molecule has 8 nitrogen and oxygen atoms in total. The highest BCUT2D eigenvalue weighted by Crippen LogP contribution is 2.61. The summed E-state index contributed by atoms with van der Waals surface area (Å²) in [5, 5.41) is 40.4. The third-order valence-electron chi connectivity index (χ3n) is 8.56. The van der Waals surface area contributed by atoms with Crippen LogP contribution in [-0.4, -0.2) is 83.7 Å². The molecule has 1 saturated heterocycles. The summed E-state index contributed by atoms with van der Waals surface area (Å²) in [6.07, 6.45) is -0.356. The Kier molecular flexibility index (Phi) is 8.90. The van der Waals surface area contributed by atoms with Gasteiger partial charge in [-0.2, -0.15) is 0 Å². The monoisotopic (exact) mass is 632 g/mol. The van der Waals surface area contributed by atoms with Gasteiger partial charge in [-0.3, -0.25) is 4.98 Å². The standard InChI is InChI=1S/C28H33ClF4N4O4S/c1-15-4-3-11-34-23(15)26(27(40)7-9-28(32,33)10-8-27)42-14-19(41-2)24(25(39)20(42)13-38)37-12-18(35-36-37)16-5-6-17(29)22(31)21(16)30/h3-6,11-12,19-20,24-26,38-40,42H,7-10,13-14H2,1-2H3/t19-,20+,24+,25-,26+/m0/s1. The number of aromatic nitrogens is 4. The van der Waals surface area contributed by atoms with Crippen molar-refractivity contribution in [3.8, 4) is 11.3 Å². The molecule has 230 valence electrons. The molecule has 1 aromatic carbocycles. The fourth-order valence-electron chi connectivity index (χ4n) is 6.24. The number of rotatable bonds is 7. The Morgan fingerprint density at radius 2 is 1.88 bits per heavy atom. The number of aliphatic hydroxyl groups is 3. The predicted octanol–water partition coefficient (Wildman–Crippen LogP) is 4.55. The minimum absolute atomic E-state index is 0.00191. The van der Waals surface area contributed by atoms with Crippen LogP contribution in [0.25, 0.3) is 11.3 Å². The van der Waals surface area contributed by atoms with Crippen molar-refractivity contribution in [3.63, 3.8) is 0 Å². The fourth-order valence-corrected chi connectivity index (χ4v) is 10.3. The van der Waals surface area contributed by atoms with Crippen molar-refractivity contribution in [2.45, 2.75) is 72.9 Å². The smallest absolute Gasteiger partial charge is 0.248 e.